The van der Waals surface area contributed by atoms with Crippen molar-refractivity contribution in [3.05, 3.63) is 144 Å². The lowest BCUT2D eigenvalue weighted by atomic mass is 9.81. The van der Waals surface area contributed by atoms with Crippen LogP contribution in [-0.4, -0.2) is 19.9 Å². The first-order valence-electron chi connectivity index (χ1n) is 16.4. The lowest BCUT2D eigenvalue weighted by Gasteiger charge is -2.22. The quantitative estimate of drug-likeness (QED) is 0.190. The van der Waals surface area contributed by atoms with Gasteiger partial charge in [-0.15, -0.1) is 11.3 Å². The molecule has 10 rings (SSSR count). The molecule has 5 nitrogen and oxygen atoms in total. The van der Waals surface area contributed by atoms with Crippen LogP contribution in [0.2, 0.25) is 0 Å². The minimum absolute atomic E-state index is 0.169. The molecule has 0 fully saturated rings. The van der Waals surface area contributed by atoms with Gasteiger partial charge in [-0.05, 0) is 58.1 Å². The largest absolute Gasteiger partial charge is 0.456 e. The van der Waals surface area contributed by atoms with Crippen molar-refractivity contribution in [2.75, 3.05) is 0 Å². The molecule has 49 heavy (non-hydrogen) atoms. The van der Waals surface area contributed by atoms with Gasteiger partial charge in [0.2, 0.25) is 0 Å². The van der Waals surface area contributed by atoms with Crippen LogP contribution in [-0.2, 0) is 5.41 Å². The number of thiazole rings is 1. The summed E-state index contributed by atoms with van der Waals surface area (Å²) in [5.74, 6) is 1.85. The third-order valence-corrected chi connectivity index (χ3v) is 10.7. The van der Waals surface area contributed by atoms with Gasteiger partial charge in [-0.2, -0.15) is 0 Å². The first-order valence-corrected chi connectivity index (χ1v) is 17.3. The van der Waals surface area contributed by atoms with Gasteiger partial charge in [0.15, 0.2) is 17.5 Å². The Morgan fingerprint density at radius 3 is 1.96 bits per heavy atom. The Balaban J connectivity index is 1.22. The molecule has 1 aliphatic carbocycles. The first kappa shape index (κ1) is 28.1. The van der Waals surface area contributed by atoms with E-state index in [0.29, 0.717) is 17.5 Å². The SMILES string of the molecule is CC1(C)c2cc(-c3cc(-c4nc(-c5ccccc5)nc(-c5ccccc5)n4)cc4oc5ccccc5c34)ccc2-c2c1ccc1ncsc21. The van der Waals surface area contributed by atoms with E-state index in [1.807, 2.05) is 78.3 Å². The molecule has 0 spiro atoms. The summed E-state index contributed by atoms with van der Waals surface area (Å²) in [5.41, 5.74) is 14.7. The molecule has 9 aromatic rings. The fourth-order valence-electron chi connectivity index (χ4n) is 7.46. The van der Waals surface area contributed by atoms with Crippen LogP contribution in [0.3, 0.4) is 0 Å². The minimum atomic E-state index is -0.169. The van der Waals surface area contributed by atoms with E-state index in [0.717, 1.165) is 55.3 Å². The van der Waals surface area contributed by atoms with Gasteiger partial charge < -0.3 is 4.42 Å². The highest BCUT2D eigenvalue weighted by atomic mass is 32.1. The van der Waals surface area contributed by atoms with E-state index in [2.05, 4.69) is 73.4 Å². The van der Waals surface area contributed by atoms with Crippen LogP contribution in [0.4, 0.5) is 0 Å². The standard InChI is InChI=1S/C43H28N4OS/c1-43(2)32-19-20-34-39(49-24-44-34)38(32)29-18-17-27(22-33(29)43)31-21-28(23-36-37(31)30-15-9-10-16-35(30)48-36)42-46-40(25-11-5-3-6-12-25)45-41(47-42)26-13-7-4-8-14-26/h3-24H,1-2H3. The molecule has 0 saturated carbocycles. The van der Waals surface area contributed by atoms with Crippen LogP contribution >= 0.6 is 11.3 Å². The van der Waals surface area contributed by atoms with Crippen molar-refractivity contribution in [1.82, 2.24) is 19.9 Å². The highest BCUT2D eigenvalue weighted by Gasteiger charge is 2.37. The number of nitrogens with zero attached hydrogens (tertiary/aromatic N) is 4. The molecule has 6 aromatic carbocycles. The molecule has 232 valence electrons. The van der Waals surface area contributed by atoms with Crippen molar-refractivity contribution in [3.63, 3.8) is 0 Å². The van der Waals surface area contributed by atoms with Crippen LogP contribution in [0.5, 0.6) is 0 Å². The topological polar surface area (TPSA) is 64.7 Å². The van der Waals surface area contributed by atoms with Gasteiger partial charge in [0, 0.05) is 38.4 Å². The number of furan rings is 1. The highest BCUT2D eigenvalue weighted by molar-refractivity contribution is 7.17. The van der Waals surface area contributed by atoms with Crippen LogP contribution in [0.15, 0.2) is 137 Å². The minimum Gasteiger partial charge on any atom is -0.456 e. The maximum atomic E-state index is 6.55. The van der Waals surface area contributed by atoms with Crippen LogP contribution < -0.4 is 0 Å². The van der Waals surface area contributed by atoms with Crippen molar-refractivity contribution in [2.24, 2.45) is 0 Å². The lowest BCUT2D eigenvalue weighted by Crippen LogP contribution is -2.14. The van der Waals surface area contributed by atoms with E-state index in [9.17, 15) is 0 Å². The van der Waals surface area contributed by atoms with Gasteiger partial charge in [0.05, 0.1) is 15.7 Å². The molecule has 6 heteroatoms. The van der Waals surface area contributed by atoms with Gasteiger partial charge in [0.25, 0.3) is 0 Å². The van der Waals surface area contributed by atoms with E-state index < -0.39 is 0 Å². The number of rotatable bonds is 4. The normalized spacial score (nSPS) is 13.3. The van der Waals surface area contributed by atoms with Crippen LogP contribution in [0, 0.1) is 0 Å². The highest BCUT2D eigenvalue weighted by Crippen LogP contribution is 2.53. The van der Waals surface area contributed by atoms with E-state index >= 15 is 0 Å². The zero-order chi connectivity index (χ0) is 32.7. The Labute approximate surface area is 286 Å². The fraction of sp³-hybridized carbons (Fsp3) is 0.0698. The van der Waals surface area contributed by atoms with Crippen LogP contribution in [0.25, 0.3) is 88.6 Å². The molecule has 0 aliphatic heterocycles. The number of hydrogen-bond acceptors (Lipinski definition) is 6. The maximum absolute atomic E-state index is 6.55. The van der Waals surface area contributed by atoms with Gasteiger partial charge in [-0.3, -0.25) is 0 Å². The van der Waals surface area contributed by atoms with Gasteiger partial charge in [-0.1, -0.05) is 111 Å². The van der Waals surface area contributed by atoms with E-state index in [4.69, 9.17) is 19.4 Å². The monoisotopic (exact) mass is 648 g/mol. The Kier molecular flexibility index (Phi) is 6.02. The summed E-state index contributed by atoms with van der Waals surface area (Å²) in [4.78, 5) is 19.7. The molecule has 0 N–H and O–H groups in total. The zero-order valence-electron chi connectivity index (χ0n) is 26.8. The second-order valence-corrected chi connectivity index (χ2v) is 14.0. The molecule has 3 aromatic heterocycles. The molecule has 0 saturated heterocycles. The molecule has 0 unspecified atom stereocenters. The smallest absolute Gasteiger partial charge is 0.164 e. The maximum Gasteiger partial charge on any atom is 0.164 e. The van der Waals surface area contributed by atoms with Crippen molar-refractivity contribution in [3.8, 4) is 56.4 Å². The summed E-state index contributed by atoms with van der Waals surface area (Å²) in [6.45, 7) is 4.66. The second-order valence-electron chi connectivity index (χ2n) is 13.1. The molecular formula is C43H28N4OS. The number of para-hydroxylation sites is 1. The number of hydrogen-bond donors (Lipinski definition) is 0. The zero-order valence-corrected chi connectivity index (χ0v) is 27.6. The Morgan fingerprint density at radius 1 is 0.551 bits per heavy atom. The predicted octanol–water partition coefficient (Wildman–Crippen LogP) is 11.4. The number of aromatic nitrogens is 4. The summed E-state index contributed by atoms with van der Waals surface area (Å²) in [6.07, 6.45) is 0. The molecule has 1 aliphatic rings. The van der Waals surface area contributed by atoms with Crippen molar-refractivity contribution < 1.29 is 4.42 Å². The summed E-state index contributed by atoms with van der Waals surface area (Å²) in [7, 11) is 0. The van der Waals surface area contributed by atoms with Crippen molar-refractivity contribution in [2.45, 2.75) is 19.3 Å². The third kappa shape index (κ3) is 4.31. The van der Waals surface area contributed by atoms with E-state index in [1.54, 1.807) is 11.3 Å². The van der Waals surface area contributed by atoms with E-state index in [1.165, 1.54) is 27.0 Å². The van der Waals surface area contributed by atoms with E-state index in [-0.39, 0.29) is 5.41 Å². The molecule has 0 bridgehead atoms. The average molecular weight is 649 g/mol. The number of fused-ring (bicyclic) bond motifs is 8. The average Bonchev–Trinajstić information content (AvgIpc) is 3.84. The molecular weight excluding hydrogens is 621 g/mol. The predicted molar refractivity (Wildman–Crippen MR) is 200 cm³/mol. The molecule has 0 radical (unpaired) electrons. The second kappa shape index (κ2) is 10.5. The van der Waals surface area contributed by atoms with Crippen molar-refractivity contribution >= 4 is 43.5 Å². The van der Waals surface area contributed by atoms with Gasteiger partial charge >= 0.3 is 0 Å². The lowest BCUT2D eigenvalue weighted by molar-refractivity contribution is 0.661. The summed E-state index contributed by atoms with van der Waals surface area (Å²) in [6, 6.07) is 44.1. The number of benzene rings is 6. The van der Waals surface area contributed by atoms with Crippen molar-refractivity contribution in [1.29, 1.82) is 0 Å². The fourth-order valence-corrected chi connectivity index (χ4v) is 8.31. The van der Waals surface area contributed by atoms with Gasteiger partial charge in [-0.25, -0.2) is 19.9 Å². The van der Waals surface area contributed by atoms with Gasteiger partial charge in [0.1, 0.15) is 11.2 Å². The Morgan fingerprint density at radius 2 is 1.22 bits per heavy atom. The third-order valence-electron chi connectivity index (χ3n) is 9.88. The Hall–Kier alpha value is -5.98. The summed E-state index contributed by atoms with van der Waals surface area (Å²) in [5, 5.41) is 2.16. The molecule has 3 heterocycles. The molecule has 0 atom stereocenters. The van der Waals surface area contributed by atoms with Crippen LogP contribution in [0.1, 0.15) is 25.0 Å². The first-order chi connectivity index (χ1) is 24.0. The Bertz CT molecular complexity index is 2690. The summed E-state index contributed by atoms with van der Waals surface area (Å²) >= 11 is 1.72. The molecule has 0 amide bonds. The summed E-state index contributed by atoms with van der Waals surface area (Å²) < 4.78 is 7.80.